The molecule has 3 atom stereocenters. The van der Waals surface area contributed by atoms with Crippen molar-refractivity contribution in [3.8, 4) is 17.2 Å². The average molecular weight is 737 g/mol. The number of rotatable bonds is 6. The third kappa shape index (κ3) is 8.54. The second-order valence-corrected chi connectivity index (χ2v) is 13.6. The lowest BCUT2D eigenvalue weighted by atomic mass is 9.92. The number of fused-ring (bicyclic) bond motifs is 9. The summed E-state index contributed by atoms with van der Waals surface area (Å²) in [6, 6.07) is 12.4. The van der Waals surface area contributed by atoms with E-state index in [4.69, 9.17) is 29.5 Å². The maximum atomic E-state index is 10.8. The number of carboxylic acid groups (broad SMARTS) is 3. The Balaban J connectivity index is 0.000000202. The monoisotopic (exact) mass is 736 g/mol. The highest BCUT2D eigenvalue weighted by atomic mass is 32.1. The zero-order valence-electron chi connectivity index (χ0n) is 27.6. The summed E-state index contributed by atoms with van der Waals surface area (Å²) >= 11 is 0. The molecule has 0 aromatic heterocycles. The van der Waals surface area contributed by atoms with Gasteiger partial charge in [-0.1, -0.05) is 40.5 Å². The molecule has 10 heteroatoms. The van der Waals surface area contributed by atoms with Gasteiger partial charge in [-0.3, -0.25) is 14.4 Å². The first kappa shape index (κ1) is 42.2. The number of carboxylic acids is 3. The van der Waals surface area contributed by atoms with Crippen LogP contribution in [0.25, 0.3) is 0 Å². The van der Waals surface area contributed by atoms with Crippen LogP contribution in [0.2, 0.25) is 0 Å². The normalized spacial score (nSPS) is 19.7. The lowest BCUT2D eigenvalue weighted by molar-refractivity contribution is -0.138. The average Bonchev–Trinajstić information content (AvgIpc) is 3.88. The summed E-state index contributed by atoms with van der Waals surface area (Å²) in [6.07, 6.45) is 9.53. The van der Waals surface area contributed by atoms with Crippen molar-refractivity contribution in [3.63, 3.8) is 0 Å². The molecule has 0 bridgehead atoms. The second kappa shape index (κ2) is 18.0. The van der Waals surface area contributed by atoms with Gasteiger partial charge < -0.3 is 29.5 Å². The molecule has 3 heterocycles. The molecule has 3 aromatic carbocycles. The van der Waals surface area contributed by atoms with Crippen LogP contribution in [0.3, 0.4) is 0 Å². The van der Waals surface area contributed by atoms with Gasteiger partial charge in [-0.05, 0) is 108 Å². The molecule has 3 aliphatic heterocycles. The summed E-state index contributed by atoms with van der Waals surface area (Å²) in [5.41, 5.74) is 11.6. The Kier molecular flexibility index (Phi) is 14.7. The van der Waals surface area contributed by atoms with Crippen LogP contribution in [-0.2, 0) is 52.9 Å². The Bertz CT molecular complexity index is 1560. The highest BCUT2D eigenvalue weighted by Crippen LogP contribution is 2.45. The van der Waals surface area contributed by atoms with Gasteiger partial charge in [0.15, 0.2) is 0 Å². The summed E-state index contributed by atoms with van der Waals surface area (Å²) in [5.74, 6) is 1.40. The minimum atomic E-state index is -0.700. The first-order chi connectivity index (χ1) is 23.3. The molecule has 0 radical (unpaired) electrons. The highest BCUT2D eigenvalue weighted by Gasteiger charge is 2.33. The molecule has 6 aliphatic rings. The van der Waals surface area contributed by atoms with Gasteiger partial charge in [-0.2, -0.15) is 13.5 Å². The number of aliphatic carboxylic acids is 3. The molecule has 284 valence electrons. The van der Waals surface area contributed by atoms with E-state index >= 15 is 0 Å². The molecule has 9 rings (SSSR count). The van der Waals surface area contributed by atoms with Gasteiger partial charge in [0, 0.05) is 36.0 Å². The van der Waals surface area contributed by atoms with Crippen LogP contribution in [-0.4, -0.2) is 53.0 Å². The second-order valence-electron chi connectivity index (χ2n) is 13.6. The van der Waals surface area contributed by atoms with E-state index in [-0.39, 0.29) is 72.8 Å². The van der Waals surface area contributed by atoms with Crippen molar-refractivity contribution in [1.82, 2.24) is 0 Å². The Labute approximate surface area is 315 Å². The molecule has 52 heavy (non-hydrogen) atoms. The van der Waals surface area contributed by atoms with Gasteiger partial charge in [0.2, 0.25) is 0 Å². The number of hydrogen-bond donors (Lipinski definition) is 3. The molecule has 0 saturated carbocycles. The van der Waals surface area contributed by atoms with Gasteiger partial charge in [-0.25, -0.2) is 0 Å². The minimum Gasteiger partial charge on any atom is -0.493 e. The first-order valence-electron chi connectivity index (χ1n) is 17.2. The molecule has 0 fully saturated rings. The van der Waals surface area contributed by atoms with Crippen molar-refractivity contribution < 1.29 is 43.9 Å². The topological polar surface area (TPSA) is 140 Å². The number of aryl methyl sites for hydroxylation is 3. The molecular formula is C42H56O9S. The lowest BCUT2D eigenvalue weighted by Crippen LogP contribution is -2.05. The van der Waals surface area contributed by atoms with Crippen LogP contribution < -0.4 is 14.2 Å². The summed E-state index contributed by atoms with van der Waals surface area (Å²) in [7, 11) is 0. The smallest absolute Gasteiger partial charge is 0.303 e. The standard InChI is InChI=1S/3C13H14O3.3CH4.H2S/c3*14-12(15)7-9-2-1-8-3-4-11-10(13(8)9)5-6-16-11;;;;/h3*3-4,9H,1-2,5-7H2,(H,14,15);3*1H4;1H2/t9-;;;;;;/m0....../s1. The summed E-state index contributed by atoms with van der Waals surface area (Å²) in [6.45, 7) is 2.22. The van der Waals surface area contributed by atoms with E-state index < -0.39 is 17.9 Å². The minimum absolute atomic E-state index is 0. The van der Waals surface area contributed by atoms with Crippen LogP contribution >= 0.6 is 13.5 Å². The van der Waals surface area contributed by atoms with Gasteiger partial charge >= 0.3 is 17.9 Å². The largest absolute Gasteiger partial charge is 0.493 e. The predicted octanol–water partition coefficient (Wildman–Crippen LogP) is 8.40. The van der Waals surface area contributed by atoms with E-state index in [0.717, 1.165) is 94.9 Å². The van der Waals surface area contributed by atoms with Crippen LogP contribution in [0.5, 0.6) is 17.2 Å². The van der Waals surface area contributed by atoms with Gasteiger partial charge in [-0.15, -0.1) is 0 Å². The Morgan fingerprint density at radius 1 is 0.481 bits per heavy atom. The maximum absolute atomic E-state index is 10.8. The Morgan fingerprint density at radius 3 is 1.00 bits per heavy atom. The fourth-order valence-electron chi connectivity index (χ4n) is 8.89. The molecule has 0 saturated heterocycles. The highest BCUT2D eigenvalue weighted by molar-refractivity contribution is 7.59. The first-order valence-corrected chi connectivity index (χ1v) is 17.2. The lowest BCUT2D eigenvalue weighted by Gasteiger charge is -2.12. The molecule has 0 spiro atoms. The fourth-order valence-corrected chi connectivity index (χ4v) is 8.89. The summed E-state index contributed by atoms with van der Waals surface area (Å²) in [4.78, 5) is 32.5. The van der Waals surface area contributed by atoms with E-state index in [0.29, 0.717) is 0 Å². The third-order valence-electron chi connectivity index (χ3n) is 10.8. The van der Waals surface area contributed by atoms with Crippen LogP contribution in [0.15, 0.2) is 36.4 Å². The van der Waals surface area contributed by atoms with E-state index in [2.05, 4.69) is 18.2 Å². The molecule has 2 unspecified atom stereocenters. The van der Waals surface area contributed by atoms with E-state index in [1.807, 2.05) is 18.2 Å². The fraction of sp³-hybridized carbons (Fsp3) is 0.500. The van der Waals surface area contributed by atoms with Crippen molar-refractivity contribution in [2.45, 2.75) is 117 Å². The number of benzene rings is 3. The molecular weight excluding hydrogens is 681 g/mol. The maximum Gasteiger partial charge on any atom is 0.303 e. The summed E-state index contributed by atoms with van der Waals surface area (Å²) < 4.78 is 16.6. The molecule has 3 N–H and O–H groups in total. The zero-order chi connectivity index (χ0) is 33.4. The van der Waals surface area contributed by atoms with Gasteiger partial charge in [0.1, 0.15) is 17.2 Å². The van der Waals surface area contributed by atoms with Crippen molar-refractivity contribution in [2.75, 3.05) is 19.8 Å². The summed E-state index contributed by atoms with van der Waals surface area (Å²) in [5, 5.41) is 26.8. The predicted molar refractivity (Wildman–Crippen MR) is 207 cm³/mol. The van der Waals surface area contributed by atoms with Crippen molar-refractivity contribution >= 4 is 31.4 Å². The SMILES string of the molecule is C.C.C.O=C(O)CC1CCc2ccc3c(c21)CCO3.O=C(O)CC1CCc2ccc3c(c21)CCO3.O=C(O)C[C@@H]1CCc2ccc3c(c21)CCO3.S. The van der Waals surface area contributed by atoms with E-state index in [1.165, 1.54) is 50.1 Å². The number of ether oxygens (including phenoxy) is 3. The quantitative estimate of drug-likeness (QED) is 0.228. The van der Waals surface area contributed by atoms with Crippen LogP contribution in [0, 0.1) is 0 Å². The molecule has 0 amide bonds. The number of hydrogen-bond acceptors (Lipinski definition) is 6. The third-order valence-corrected chi connectivity index (χ3v) is 10.8. The van der Waals surface area contributed by atoms with Crippen LogP contribution in [0.4, 0.5) is 0 Å². The zero-order valence-corrected chi connectivity index (χ0v) is 28.6. The number of carbonyl (C=O) groups is 3. The van der Waals surface area contributed by atoms with E-state index in [1.54, 1.807) is 0 Å². The molecule has 3 aliphatic carbocycles. The Hall–Kier alpha value is -4.18. The van der Waals surface area contributed by atoms with E-state index in [9.17, 15) is 14.4 Å². The van der Waals surface area contributed by atoms with Crippen molar-refractivity contribution in [2.24, 2.45) is 0 Å². The molecule has 3 aromatic rings. The Morgan fingerprint density at radius 2 is 0.750 bits per heavy atom. The van der Waals surface area contributed by atoms with Gasteiger partial charge in [0.05, 0.1) is 39.1 Å². The van der Waals surface area contributed by atoms with Crippen molar-refractivity contribution in [3.05, 3.63) is 86.5 Å². The van der Waals surface area contributed by atoms with Crippen molar-refractivity contribution in [1.29, 1.82) is 0 Å². The van der Waals surface area contributed by atoms with Gasteiger partial charge in [0.25, 0.3) is 0 Å². The molecule has 9 nitrogen and oxygen atoms in total. The van der Waals surface area contributed by atoms with Crippen LogP contribution in [0.1, 0.15) is 129 Å².